The number of nitrogens with one attached hydrogen (secondary N) is 2. The number of carbonyl (C=O) groups excluding carboxylic acids is 2. The van der Waals surface area contributed by atoms with Crippen LogP contribution in [-0.2, 0) is 16.0 Å². The summed E-state index contributed by atoms with van der Waals surface area (Å²) in [6, 6.07) is 21.4. The molecule has 0 bridgehead atoms. The molecular weight excluding hydrogens is 585 g/mol. The zero-order chi connectivity index (χ0) is 28.6. The first kappa shape index (κ1) is 32.0. The van der Waals surface area contributed by atoms with Crippen LogP contribution in [0.5, 0.6) is 0 Å². The van der Waals surface area contributed by atoms with Crippen LogP contribution in [0, 0.1) is 0 Å². The summed E-state index contributed by atoms with van der Waals surface area (Å²) in [6.07, 6.45) is 5.59. The number of nitrogens with two attached hydrogens (primary N) is 1. The van der Waals surface area contributed by atoms with Crippen molar-refractivity contribution < 1.29 is 9.59 Å². The Morgan fingerprint density at radius 3 is 2.44 bits per heavy atom. The summed E-state index contributed by atoms with van der Waals surface area (Å²) in [4.78, 5) is 41.6. The van der Waals surface area contributed by atoms with E-state index in [0.717, 1.165) is 51.9 Å². The van der Waals surface area contributed by atoms with Gasteiger partial charge < -0.3 is 25.5 Å². The van der Waals surface area contributed by atoms with Gasteiger partial charge in [0, 0.05) is 54.4 Å². The number of aromatic amines is 1. The van der Waals surface area contributed by atoms with Gasteiger partial charge in [-0.3, -0.25) is 9.59 Å². The number of halogens is 2. The number of benzene rings is 2. The number of para-hydroxylation sites is 1. The van der Waals surface area contributed by atoms with Gasteiger partial charge in [0.2, 0.25) is 11.8 Å². The lowest BCUT2D eigenvalue weighted by Gasteiger charge is -2.36. The minimum atomic E-state index is -1.10. The van der Waals surface area contributed by atoms with Crippen molar-refractivity contribution in [2.24, 2.45) is 5.73 Å². The fourth-order valence-electron chi connectivity index (χ4n) is 5.70. The average molecular weight is 623 g/mol. The van der Waals surface area contributed by atoms with Gasteiger partial charge in [-0.15, -0.1) is 24.8 Å². The maximum Gasteiger partial charge on any atom is 0.245 e. The molecular formula is C32H37Cl2N7O2. The predicted octanol–water partition coefficient (Wildman–Crippen LogP) is 5.05. The molecule has 5 aromatic rings. The standard InChI is InChI=1S/C32H35N7O2.2ClH/c1-32(2,33)31(41)37-27(19-22-20-35-25-12-7-6-11-24(22)25)30(40)38-17-14-23(15-18-38)39-28(21-9-4-3-5-10-21)36-26-13-8-16-34-29(26)39;;/h3-13,16,20,23,27,35H,14-15,17-19,33H2,1-2H3,(H,37,41);2*1H/t27-;;/m1../s1. The number of aromatic nitrogens is 4. The molecule has 2 amide bonds. The summed E-state index contributed by atoms with van der Waals surface area (Å²) in [5.41, 5.74) is 9.71. The molecule has 1 saturated heterocycles. The second kappa shape index (κ2) is 13.2. The molecule has 0 saturated carbocycles. The van der Waals surface area contributed by atoms with Crippen LogP contribution in [0.2, 0.25) is 0 Å². The normalized spacial score (nSPS) is 14.6. The monoisotopic (exact) mass is 621 g/mol. The average Bonchev–Trinajstić information content (AvgIpc) is 3.58. The summed E-state index contributed by atoms with van der Waals surface area (Å²) >= 11 is 0. The zero-order valence-corrected chi connectivity index (χ0v) is 25.8. The highest BCUT2D eigenvalue weighted by Gasteiger charge is 2.34. The van der Waals surface area contributed by atoms with E-state index in [2.05, 4.69) is 32.0 Å². The highest BCUT2D eigenvalue weighted by atomic mass is 35.5. The smallest absolute Gasteiger partial charge is 0.245 e. The molecule has 43 heavy (non-hydrogen) atoms. The van der Waals surface area contributed by atoms with Gasteiger partial charge in [-0.05, 0) is 50.5 Å². The van der Waals surface area contributed by atoms with Gasteiger partial charge in [0.15, 0.2) is 5.65 Å². The molecule has 0 unspecified atom stereocenters. The first-order valence-electron chi connectivity index (χ1n) is 14.1. The number of pyridine rings is 1. The number of nitrogens with zero attached hydrogens (tertiary/aromatic N) is 4. The topological polar surface area (TPSA) is 122 Å². The van der Waals surface area contributed by atoms with Gasteiger partial charge >= 0.3 is 0 Å². The summed E-state index contributed by atoms with van der Waals surface area (Å²) in [5, 5.41) is 4.00. The lowest BCUT2D eigenvalue weighted by atomic mass is 9.99. The van der Waals surface area contributed by atoms with Crippen LogP contribution in [0.3, 0.4) is 0 Å². The third kappa shape index (κ3) is 6.54. The van der Waals surface area contributed by atoms with Crippen LogP contribution in [0.4, 0.5) is 0 Å². The number of hydrogen-bond acceptors (Lipinski definition) is 5. The molecule has 4 heterocycles. The Labute approximate surface area is 263 Å². The molecule has 0 spiro atoms. The van der Waals surface area contributed by atoms with Crippen LogP contribution < -0.4 is 11.1 Å². The molecule has 3 aromatic heterocycles. The largest absolute Gasteiger partial charge is 0.361 e. The van der Waals surface area contributed by atoms with E-state index in [1.165, 1.54) is 0 Å². The summed E-state index contributed by atoms with van der Waals surface area (Å²) in [5.74, 6) is 0.441. The van der Waals surface area contributed by atoms with Gasteiger partial charge in [-0.2, -0.15) is 0 Å². The number of amides is 2. The number of likely N-dealkylation sites (tertiary alicyclic amines) is 1. The highest BCUT2D eigenvalue weighted by molar-refractivity contribution is 5.92. The number of H-pyrrole nitrogens is 1. The quantitative estimate of drug-likeness (QED) is 0.235. The van der Waals surface area contributed by atoms with E-state index < -0.39 is 11.6 Å². The van der Waals surface area contributed by atoms with Crippen LogP contribution >= 0.6 is 24.8 Å². The Morgan fingerprint density at radius 2 is 1.72 bits per heavy atom. The van der Waals surface area contributed by atoms with E-state index in [4.69, 9.17) is 10.7 Å². The van der Waals surface area contributed by atoms with Crippen molar-refractivity contribution in [3.8, 4) is 11.4 Å². The predicted molar refractivity (Wildman–Crippen MR) is 175 cm³/mol. The molecule has 2 aromatic carbocycles. The molecule has 6 rings (SSSR count). The lowest BCUT2D eigenvalue weighted by Crippen LogP contribution is -2.57. The van der Waals surface area contributed by atoms with E-state index in [0.29, 0.717) is 19.5 Å². The Morgan fingerprint density at radius 1 is 1.02 bits per heavy atom. The molecule has 1 aliphatic heterocycles. The van der Waals surface area contributed by atoms with Gasteiger partial charge in [0.1, 0.15) is 17.4 Å². The molecule has 9 nitrogen and oxygen atoms in total. The molecule has 1 atom stereocenters. The Kier molecular flexibility index (Phi) is 9.79. The van der Waals surface area contributed by atoms with Crippen molar-refractivity contribution in [3.63, 3.8) is 0 Å². The molecule has 1 aliphatic rings. The van der Waals surface area contributed by atoms with Crippen molar-refractivity contribution >= 4 is 58.7 Å². The molecule has 11 heteroatoms. The number of fused-ring (bicyclic) bond motifs is 2. The van der Waals surface area contributed by atoms with Gasteiger partial charge in [0.25, 0.3) is 0 Å². The van der Waals surface area contributed by atoms with E-state index in [1.54, 1.807) is 20.0 Å². The van der Waals surface area contributed by atoms with E-state index in [9.17, 15) is 9.59 Å². The van der Waals surface area contributed by atoms with Gasteiger partial charge in [0.05, 0.1) is 5.54 Å². The maximum atomic E-state index is 13.9. The SMILES string of the molecule is CC(C)(N)C(=O)N[C@H](Cc1c[nH]c2ccccc12)C(=O)N1CCC(n2c(-c3ccccc3)nc3cccnc32)CC1.Cl.Cl. The Balaban J connectivity index is 0.00000212. The number of imidazole rings is 1. The third-order valence-electron chi connectivity index (χ3n) is 7.91. The fourth-order valence-corrected chi connectivity index (χ4v) is 5.70. The van der Waals surface area contributed by atoms with E-state index in [1.807, 2.05) is 65.7 Å². The van der Waals surface area contributed by atoms with Crippen molar-refractivity contribution in [1.29, 1.82) is 0 Å². The molecule has 1 fully saturated rings. The van der Waals surface area contributed by atoms with Gasteiger partial charge in [-0.25, -0.2) is 9.97 Å². The minimum Gasteiger partial charge on any atom is -0.361 e. The third-order valence-corrected chi connectivity index (χ3v) is 7.91. The molecule has 0 aliphatic carbocycles. The maximum absolute atomic E-state index is 13.9. The van der Waals surface area contributed by atoms with Crippen molar-refractivity contribution in [3.05, 3.63) is 84.7 Å². The fraction of sp³-hybridized carbons (Fsp3) is 0.312. The van der Waals surface area contributed by atoms with Crippen molar-refractivity contribution in [1.82, 2.24) is 29.7 Å². The van der Waals surface area contributed by atoms with Gasteiger partial charge in [-0.1, -0.05) is 48.5 Å². The molecule has 0 radical (unpaired) electrons. The summed E-state index contributed by atoms with van der Waals surface area (Å²) < 4.78 is 2.23. The first-order chi connectivity index (χ1) is 19.8. The number of carbonyl (C=O) groups is 2. The van der Waals surface area contributed by atoms with Crippen molar-refractivity contribution in [2.45, 2.75) is 50.7 Å². The van der Waals surface area contributed by atoms with Crippen LogP contribution in [0.15, 0.2) is 79.1 Å². The Bertz CT molecular complexity index is 1700. The van der Waals surface area contributed by atoms with Crippen molar-refractivity contribution in [2.75, 3.05) is 13.1 Å². The highest BCUT2D eigenvalue weighted by Crippen LogP contribution is 2.33. The number of piperidine rings is 1. The summed E-state index contributed by atoms with van der Waals surface area (Å²) in [7, 11) is 0. The second-order valence-electron chi connectivity index (χ2n) is 11.4. The lowest BCUT2D eigenvalue weighted by molar-refractivity contribution is -0.138. The zero-order valence-electron chi connectivity index (χ0n) is 24.2. The van der Waals surface area contributed by atoms with Crippen LogP contribution in [0.25, 0.3) is 33.5 Å². The summed E-state index contributed by atoms with van der Waals surface area (Å²) in [6.45, 7) is 4.43. The minimum absolute atomic E-state index is 0. The number of hydrogen-bond donors (Lipinski definition) is 3. The molecule has 4 N–H and O–H groups in total. The number of rotatable bonds is 7. The Hall–Kier alpha value is -3.92. The first-order valence-corrected chi connectivity index (χ1v) is 14.1. The van der Waals surface area contributed by atoms with Crippen LogP contribution in [0.1, 0.15) is 38.3 Å². The second-order valence-corrected chi connectivity index (χ2v) is 11.4. The van der Waals surface area contributed by atoms with E-state index >= 15 is 0 Å². The van der Waals surface area contributed by atoms with E-state index in [-0.39, 0.29) is 42.7 Å². The molecule has 226 valence electrons. The van der Waals surface area contributed by atoms with Crippen LogP contribution in [-0.4, -0.2) is 60.9 Å².